The molecule has 1 aliphatic rings. The van der Waals surface area contributed by atoms with Crippen LogP contribution < -0.4 is 5.73 Å². The van der Waals surface area contributed by atoms with Crippen LogP contribution in [0.15, 0.2) is 0 Å². The van der Waals surface area contributed by atoms with E-state index in [1.807, 2.05) is 0 Å². The summed E-state index contributed by atoms with van der Waals surface area (Å²) in [5.41, 5.74) is 14.1. The van der Waals surface area contributed by atoms with Crippen LogP contribution in [0.2, 0.25) is 0 Å². The SMILES string of the molecule is Cc1c(C)c(C)c([C@@H](N)[C@@H](O)C2CCCC2)c(C)c1C. The molecule has 2 heteroatoms. The molecule has 0 radical (unpaired) electrons. The summed E-state index contributed by atoms with van der Waals surface area (Å²) >= 11 is 0. The van der Waals surface area contributed by atoms with Gasteiger partial charge in [0.25, 0.3) is 0 Å². The molecule has 0 unspecified atom stereocenters. The first-order valence-electron chi connectivity index (χ1n) is 7.86. The summed E-state index contributed by atoms with van der Waals surface area (Å²) in [6.07, 6.45) is 4.31. The molecule has 20 heavy (non-hydrogen) atoms. The number of hydrogen-bond donors (Lipinski definition) is 2. The maximum Gasteiger partial charge on any atom is 0.0761 e. The number of rotatable bonds is 3. The van der Waals surface area contributed by atoms with Gasteiger partial charge in [-0.15, -0.1) is 0 Å². The van der Waals surface area contributed by atoms with Crippen LogP contribution >= 0.6 is 0 Å². The quantitative estimate of drug-likeness (QED) is 0.882. The topological polar surface area (TPSA) is 46.2 Å². The predicted molar refractivity (Wildman–Crippen MR) is 85.0 cm³/mol. The van der Waals surface area contributed by atoms with Crippen molar-refractivity contribution in [3.8, 4) is 0 Å². The molecule has 2 rings (SSSR count). The third-order valence-corrected chi connectivity index (χ3v) is 5.64. The van der Waals surface area contributed by atoms with Gasteiger partial charge in [-0.05, 0) is 86.8 Å². The second-order valence-corrected chi connectivity index (χ2v) is 6.60. The van der Waals surface area contributed by atoms with E-state index in [4.69, 9.17) is 5.73 Å². The van der Waals surface area contributed by atoms with Gasteiger partial charge >= 0.3 is 0 Å². The molecule has 3 N–H and O–H groups in total. The highest BCUT2D eigenvalue weighted by Gasteiger charge is 2.31. The molecule has 0 spiro atoms. The first-order chi connectivity index (χ1) is 9.36. The van der Waals surface area contributed by atoms with Crippen molar-refractivity contribution in [2.24, 2.45) is 11.7 Å². The van der Waals surface area contributed by atoms with E-state index in [9.17, 15) is 5.11 Å². The summed E-state index contributed by atoms with van der Waals surface area (Å²) in [4.78, 5) is 0. The predicted octanol–water partition coefficient (Wildman–Crippen LogP) is 3.78. The zero-order valence-electron chi connectivity index (χ0n) is 13.6. The van der Waals surface area contributed by atoms with Crippen LogP contribution in [0.4, 0.5) is 0 Å². The van der Waals surface area contributed by atoms with Crippen LogP contribution in [0, 0.1) is 40.5 Å². The highest BCUT2D eigenvalue weighted by molar-refractivity contribution is 5.50. The molecule has 0 aliphatic heterocycles. The lowest BCUT2D eigenvalue weighted by atomic mass is 9.82. The fraction of sp³-hybridized carbons (Fsp3) is 0.667. The highest BCUT2D eigenvalue weighted by Crippen LogP contribution is 2.36. The van der Waals surface area contributed by atoms with E-state index in [0.717, 1.165) is 12.8 Å². The van der Waals surface area contributed by atoms with Gasteiger partial charge in [-0.25, -0.2) is 0 Å². The van der Waals surface area contributed by atoms with Crippen LogP contribution in [0.1, 0.15) is 65.1 Å². The third-order valence-electron chi connectivity index (χ3n) is 5.64. The van der Waals surface area contributed by atoms with Crippen molar-refractivity contribution in [2.45, 2.75) is 72.4 Å². The van der Waals surface area contributed by atoms with Crippen molar-refractivity contribution >= 4 is 0 Å². The van der Waals surface area contributed by atoms with Crippen molar-refractivity contribution in [3.63, 3.8) is 0 Å². The van der Waals surface area contributed by atoms with Crippen molar-refractivity contribution in [3.05, 3.63) is 33.4 Å². The summed E-state index contributed by atoms with van der Waals surface area (Å²) in [5, 5.41) is 10.6. The number of nitrogens with two attached hydrogens (primary N) is 1. The minimum absolute atomic E-state index is 0.254. The Morgan fingerprint density at radius 2 is 1.25 bits per heavy atom. The van der Waals surface area contributed by atoms with Gasteiger partial charge in [0.05, 0.1) is 12.1 Å². The smallest absolute Gasteiger partial charge is 0.0761 e. The maximum atomic E-state index is 10.6. The first-order valence-corrected chi connectivity index (χ1v) is 7.86. The third kappa shape index (κ3) is 2.51. The van der Waals surface area contributed by atoms with E-state index in [1.165, 1.54) is 46.2 Å². The zero-order chi connectivity index (χ0) is 15.0. The van der Waals surface area contributed by atoms with E-state index in [0.29, 0.717) is 5.92 Å². The van der Waals surface area contributed by atoms with Crippen LogP contribution in [0.25, 0.3) is 0 Å². The minimum atomic E-state index is -0.406. The fourth-order valence-electron chi connectivity index (χ4n) is 3.79. The van der Waals surface area contributed by atoms with Gasteiger partial charge in [-0.2, -0.15) is 0 Å². The van der Waals surface area contributed by atoms with Crippen molar-refractivity contribution in [2.75, 3.05) is 0 Å². The molecular weight excluding hydrogens is 246 g/mol. The summed E-state index contributed by atoms with van der Waals surface area (Å²) in [6, 6.07) is -0.254. The van der Waals surface area contributed by atoms with Crippen molar-refractivity contribution < 1.29 is 5.11 Å². The van der Waals surface area contributed by atoms with E-state index < -0.39 is 6.10 Å². The lowest BCUT2D eigenvalue weighted by molar-refractivity contribution is 0.0840. The molecule has 112 valence electrons. The summed E-state index contributed by atoms with van der Waals surface area (Å²) in [5.74, 6) is 0.380. The largest absolute Gasteiger partial charge is 0.391 e. The van der Waals surface area contributed by atoms with Crippen molar-refractivity contribution in [1.82, 2.24) is 0 Å². The Bertz CT molecular complexity index is 472. The lowest BCUT2D eigenvalue weighted by Crippen LogP contribution is -2.33. The number of benzene rings is 1. The van der Waals surface area contributed by atoms with E-state index in [-0.39, 0.29) is 6.04 Å². The van der Waals surface area contributed by atoms with Crippen molar-refractivity contribution in [1.29, 1.82) is 0 Å². The van der Waals surface area contributed by atoms with Gasteiger partial charge in [0, 0.05) is 0 Å². The van der Waals surface area contributed by atoms with Crippen LogP contribution in [0.3, 0.4) is 0 Å². The Morgan fingerprint density at radius 1 is 0.850 bits per heavy atom. The second kappa shape index (κ2) is 5.87. The van der Waals surface area contributed by atoms with Gasteiger partial charge in [0.15, 0.2) is 0 Å². The molecule has 0 heterocycles. The second-order valence-electron chi connectivity index (χ2n) is 6.60. The number of aliphatic hydroxyl groups excluding tert-OH is 1. The number of aliphatic hydroxyl groups is 1. The Morgan fingerprint density at radius 3 is 1.70 bits per heavy atom. The van der Waals surface area contributed by atoms with Gasteiger partial charge in [0.2, 0.25) is 0 Å². The Hall–Kier alpha value is -0.860. The van der Waals surface area contributed by atoms with E-state index >= 15 is 0 Å². The molecule has 1 aliphatic carbocycles. The van der Waals surface area contributed by atoms with Crippen LogP contribution in [0.5, 0.6) is 0 Å². The molecule has 0 aromatic heterocycles. The van der Waals surface area contributed by atoms with E-state index in [1.54, 1.807) is 0 Å². The Kier molecular flexibility index (Phi) is 4.55. The molecule has 0 bridgehead atoms. The number of hydrogen-bond acceptors (Lipinski definition) is 2. The lowest BCUT2D eigenvalue weighted by Gasteiger charge is -2.29. The molecule has 1 saturated carbocycles. The standard InChI is InChI=1S/C18H29NO/c1-10-11(2)13(4)16(14(5)12(10)3)17(19)18(20)15-8-6-7-9-15/h15,17-18,20H,6-9,19H2,1-5H3/t17-,18+/m1/s1. The average Bonchev–Trinajstić information content (AvgIpc) is 2.96. The zero-order valence-corrected chi connectivity index (χ0v) is 13.6. The van der Waals surface area contributed by atoms with Gasteiger partial charge in [-0.3, -0.25) is 0 Å². The van der Waals surface area contributed by atoms with E-state index in [2.05, 4.69) is 34.6 Å². The molecule has 0 amide bonds. The molecule has 0 saturated heterocycles. The van der Waals surface area contributed by atoms with Gasteiger partial charge in [0.1, 0.15) is 0 Å². The monoisotopic (exact) mass is 275 g/mol. The summed E-state index contributed by atoms with van der Waals surface area (Å²) in [6.45, 7) is 10.8. The van der Waals surface area contributed by atoms with Crippen LogP contribution in [-0.2, 0) is 0 Å². The van der Waals surface area contributed by atoms with Gasteiger partial charge in [-0.1, -0.05) is 12.8 Å². The summed E-state index contributed by atoms with van der Waals surface area (Å²) < 4.78 is 0. The summed E-state index contributed by atoms with van der Waals surface area (Å²) in [7, 11) is 0. The molecular formula is C18H29NO. The fourth-order valence-corrected chi connectivity index (χ4v) is 3.79. The molecule has 1 aromatic carbocycles. The molecule has 1 fully saturated rings. The highest BCUT2D eigenvalue weighted by atomic mass is 16.3. The normalized spacial score (nSPS) is 19.4. The molecule has 2 nitrogen and oxygen atoms in total. The molecule has 1 aromatic rings. The average molecular weight is 275 g/mol. The maximum absolute atomic E-state index is 10.6. The Labute approximate surface area is 123 Å². The minimum Gasteiger partial charge on any atom is -0.391 e. The Balaban J connectivity index is 2.41. The molecule has 2 atom stereocenters. The van der Waals surface area contributed by atoms with Crippen LogP contribution in [-0.4, -0.2) is 11.2 Å². The first kappa shape index (κ1) is 15.5. The van der Waals surface area contributed by atoms with Gasteiger partial charge < -0.3 is 10.8 Å².